The van der Waals surface area contributed by atoms with Gasteiger partial charge in [-0.3, -0.25) is 19.7 Å². The number of nitrogens with zero attached hydrogens (tertiary/aromatic N) is 1. The van der Waals surface area contributed by atoms with Gasteiger partial charge in [-0.2, -0.15) is 0 Å². The Bertz CT molecular complexity index is 1470. The van der Waals surface area contributed by atoms with Crippen molar-refractivity contribution in [2.24, 2.45) is 11.1 Å². The minimum absolute atomic E-state index is 0.0357. The lowest BCUT2D eigenvalue weighted by molar-refractivity contribution is -0.128. The number of nitrogens with one attached hydrogen (secondary N) is 3. The number of ether oxygens (including phenoxy) is 1. The summed E-state index contributed by atoms with van der Waals surface area (Å²) in [6.45, 7) is 4.60. The minimum atomic E-state index is -1.34. The molecular weight excluding hydrogens is 596 g/mol. The first-order valence-electron chi connectivity index (χ1n) is 14.8. The highest BCUT2D eigenvalue weighted by Crippen LogP contribution is 2.64. The van der Waals surface area contributed by atoms with Gasteiger partial charge in [-0.15, -0.1) is 0 Å². The van der Waals surface area contributed by atoms with Gasteiger partial charge in [0.2, 0.25) is 17.7 Å². The average Bonchev–Trinajstić information content (AvgIpc) is 3.40. The number of carbonyl (C=O) groups excluding carboxylic acids is 3. The van der Waals surface area contributed by atoms with Gasteiger partial charge in [0.25, 0.3) is 0 Å². The Morgan fingerprint density at radius 1 is 1.16 bits per heavy atom. The smallest absolute Gasteiger partial charge is 0.238 e. The van der Waals surface area contributed by atoms with E-state index in [1.807, 2.05) is 6.07 Å². The summed E-state index contributed by atoms with van der Waals surface area (Å²) in [4.78, 5) is 44.1. The molecule has 4 heterocycles. The minimum Gasteiger partial charge on any atom is -0.376 e. The molecule has 1 aromatic carbocycles. The predicted molar refractivity (Wildman–Crippen MR) is 160 cm³/mol. The van der Waals surface area contributed by atoms with Crippen LogP contribution in [0.15, 0.2) is 30.5 Å². The first-order chi connectivity index (χ1) is 20.4. The lowest BCUT2D eigenvalue weighted by Gasteiger charge is -2.50. The quantitative estimate of drug-likeness (QED) is 0.362. The first-order valence-corrected chi connectivity index (χ1v) is 15.5. The molecule has 1 aliphatic carbocycles. The van der Waals surface area contributed by atoms with Crippen molar-refractivity contribution in [3.63, 3.8) is 0 Å². The van der Waals surface area contributed by atoms with Crippen LogP contribution in [-0.2, 0) is 24.5 Å². The maximum atomic E-state index is 16.0. The molecule has 1 saturated carbocycles. The van der Waals surface area contributed by atoms with E-state index in [0.717, 1.165) is 12.8 Å². The average molecular weight is 633 g/mol. The fraction of sp³-hybridized carbons (Fsp3) is 0.548. The number of aromatic nitrogens is 1. The van der Waals surface area contributed by atoms with E-state index in [4.69, 9.17) is 33.7 Å². The highest BCUT2D eigenvalue weighted by Gasteiger charge is 2.73. The van der Waals surface area contributed by atoms with Crippen molar-refractivity contribution in [3.8, 4) is 0 Å². The Labute approximate surface area is 259 Å². The van der Waals surface area contributed by atoms with Crippen molar-refractivity contribution in [2.45, 2.75) is 93.9 Å². The van der Waals surface area contributed by atoms with Crippen molar-refractivity contribution >= 4 is 46.6 Å². The second kappa shape index (κ2) is 11.0. The molecule has 230 valence electrons. The second-order valence-corrected chi connectivity index (χ2v) is 14.0. The number of nitrogens with two attached hydrogens (primary N) is 1. The highest BCUT2D eigenvalue weighted by molar-refractivity contribution is 6.31. The van der Waals surface area contributed by atoms with Crippen molar-refractivity contribution in [1.29, 1.82) is 0 Å². The molecule has 3 aliphatic heterocycles. The summed E-state index contributed by atoms with van der Waals surface area (Å²) in [5, 5.41) is 9.90. The van der Waals surface area contributed by atoms with Crippen molar-refractivity contribution in [3.05, 3.63) is 57.6 Å². The molecule has 2 saturated heterocycles. The van der Waals surface area contributed by atoms with Crippen LogP contribution in [0.5, 0.6) is 0 Å². The summed E-state index contributed by atoms with van der Waals surface area (Å²) in [7, 11) is 0. The number of carbonyl (C=O) groups is 3. The lowest BCUT2D eigenvalue weighted by atomic mass is 9.53. The molecular formula is C31H36Cl2FN5O4. The number of benzene rings is 1. The van der Waals surface area contributed by atoms with Crippen LogP contribution in [0, 0.1) is 11.2 Å². The number of halogens is 3. The first kappa shape index (κ1) is 30.2. The molecule has 43 heavy (non-hydrogen) atoms. The Hall–Kier alpha value is -2.79. The molecule has 1 aromatic heterocycles. The number of hydrogen-bond donors (Lipinski definition) is 4. The van der Waals surface area contributed by atoms with Gasteiger partial charge in [-0.25, -0.2) is 9.37 Å². The molecule has 3 unspecified atom stereocenters. The highest BCUT2D eigenvalue weighted by atomic mass is 35.5. The van der Waals surface area contributed by atoms with Gasteiger partial charge in [-0.1, -0.05) is 43.1 Å². The van der Waals surface area contributed by atoms with Crippen LogP contribution in [-0.4, -0.2) is 53.0 Å². The molecule has 3 amide bonds. The van der Waals surface area contributed by atoms with Crippen LogP contribution >= 0.6 is 23.2 Å². The van der Waals surface area contributed by atoms with E-state index in [-0.39, 0.29) is 53.1 Å². The van der Waals surface area contributed by atoms with Gasteiger partial charge < -0.3 is 21.1 Å². The molecule has 0 radical (unpaired) electrons. The summed E-state index contributed by atoms with van der Waals surface area (Å²) < 4.78 is 21.8. The van der Waals surface area contributed by atoms with Crippen molar-refractivity contribution in [1.82, 2.24) is 15.6 Å². The zero-order valence-corrected chi connectivity index (χ0v) is 25.7. The number of fused-ring (bicyclic) bond motifs is 3. The number of pyridine rings is 1. The molecule has 5 N–H and O–H groups in total. The topological polar surface area (TPSA) is 135 Å². The van der Waals surface area contributed by atoms with Crippen LogP contribution in [0.4, 0.5) is 10.1 Å². The largest absolute Gasteiger partial charge is 0.376 e. The molecule has 0 bridgehead atoms. The molecule has 3 fully saturated rings. The van der Waals surface area contributed by atoms with Crippen LogP contribution in [0.3, 0.4) is 0 Å². The van der Waals surface area contributed by atoms with E-state index < -0.39 is 34.6 Å². The molecule has 9 nitrogen and oxygen atoms in total. The van der Waals surface area contributed by atoms with Crippen molar-refractivity contribution < 1.29 is 23.5 Å². The van der Waals surface area contributed by atoms with Gasteiger partial charge in [0.05, 0.1) is 31.2 Å². The van der Waals surface area contributed by atoms with Gasteiger partial charge in [0, 0.05) is 28.4 Å². The van der Waals surface area contributed by atoms with Gasteiger partial charge in [-0.05, 0) is 73.3 Å². The van der Waals surface area contributed by atoms with E-state index >= 15 is 4.39 Å². The molecule has 5 atom stereocenters. The number of rotatable bonds is 5. The zero-order chi connectivity index (χ0) is 30.7. The summed E-state index contributed by atoms with van der Waals surface area (Å²) >= 11 is 12.6. The summed E-state index contributed by atoms with van der Waals surface area (Å²) in [6, 6.07) is 5.45. The molecule has 4 aliphatic rings. The Kier molecular flexibility index (Phi) is 7.72. The monoisotopic (exact) mass is 631 g/mol. The van der Waals surface area contributed by atoms with Crippen molar-refractivity contribution in [2.75, 3.05) is 11.9 Å². The second-order valence-electron chi connectivity index (χ2n) is 13.2. The predicted octanol–water partition coefficient (Wildman–Crippen LogP) is 4.35. The van der Waals surface area contributed by atoms with Crippen LogP contribution in [0.2, 0.25) is 10.2 Å². The molecule has 2 aromatic rings. The lowest BCUT2D eigenvalue weighted by Crippen LogP contribution is -2.61. The van der Waals surface area contributed by atoms with E-state index in [9.17, 15) is 14.4 Å². The standard InChI is InChI=1S/C31H36Cl2FN5O4/c1-29(2)8-10-30(11-9-29)31(20-6-3-16(32)13-21(20)38-28(31)42)23(19-7-12-36-26(33)24(19)34)25(39-30)27(41)37-17-4-5-18(43-15-17)14-22(35)40/h3,6-7,12-13,17-18,23,25,39H,4-5,8-11,14-15H2,1-2H3,(H2,35,40)(H,37,41)(H,38,42)/t17-,18+,23?,25?,31?/m1/s1. The van der Waals surface area contributed by atoms with Gasteiger partial charge >= 0.3 is 0 Å². The van der Waals surface area contributed by atoms with Gasteiger partial charge in [0.15, 0.2) is 11.0 Å². The normalized spacial score (nSPS) is 30.7. The van der Waals surface area contributed by atoms with E-state index in [1.54, 1.807) is 12.1 Å². The fourth-order valence-corrected chi connectivity index (χ4v) is 8.26. The third-order valence-corrected chi connectivity index (χ3v) is 10.6. The number of hydrogen-bond acceptors (Lipinski definition) is 6. The summed E-state index contributed by atoms with van der Waals surface area (Å²) in [5.74, 6) is -2.82. The van der Waals surface area contributed by atoms with E-state index in [1.165, 1.54) is 12.3 Å². The third kappa shape index (κ3) is 5.00. The number of amides is 3. The van der Waals surface area contributed by atoms with E-state index in [2.05, 4.69) is 34.8 Å². The Morgan fingerprint density at radius 2 is 1.91 bits per heavy atom. The summed E-state index contributed by atoms with van der Waals surface area (Å²) in [5.41, 5.74) is 4.54. The molecule has 12 heteroatoms. The molecule has 2 spiro atoms. The van der Waals surface area contributed by atoms with E-state index in [0.29, 0.717) is 42.0 Å². The molecule has 6 rings (SSSR count). The third-order valence-electron chi connectivity index (χ3n) is 10.1. The van der Waals surface area contributed by atoms with Crippen LogP contribution < -0.4 is 21.7 Å². The zero-order valence-electron chi connectivity index (χ0n) is 24.1. The maximum Gasteiger partial charge on any atom is 0.238 e. The Morgan fingerprint density at radius 3 is 2.58 bits per heavy atom. The fourth-order valence-electron chi connectivity index (χ4n) is 7.92. The Balaban J connectivity index is 1.46. The number of anilines is 1. The number of primary amides is 1. The van der Waals surface area contributed by atoms with Crippen LogP contribution in [0.25, 0.3) is 0 Å². The summed E-state index contributed by atoms with van der Waals surface area (Å²) in [6.07, 6.45) is 5.17. The van der Waals surface area contributed by atoms with Crippen LogP contribution in [0.1, 0.15) is 75.8 Å². The van der Waals surface area contributed by atoms with Gasteiger partial charge in [0.1, 0.15) is 5.41 Å². The maximum absolute atomic E-state index is 16.0. The SMILES string of the molecule is CC1(C)CCC2(CC1)NC(C(=O)N[C@@H]1CC[C@@H](CC(N)=O)OC1)C(c1ccnc(Cl)c1F)C21C(=O)Nc2cc(Cl)ccc21.